The lowest BCUT2D eigenvalue weighted by molar-refractivity contribution is 0.0925. The summed E-state index contributed by atoms with van der Waals surface area (Å²) in [5.41, 5.74) is 5.69. The van der Waals surface area contributed by atoms with Crippen molar-refractivity contribution in [2.24, 2.45) is 5.73 Å². The zero-order valence-corrected chi connectivity index (χ0v) is 11.6. The minimum Gasteiger partial charge on any atom is -0.497 e. The molecule has 4 nitrogen and oxygen atoms in total. The van der Waals surface area contributed by atoms with Crippen LogP contribution in [0.2, 0.25) is 0 Å². The fourth-order valence-electron chi connectivity index (χ4n) is 1.97. The molecule has 0 radical (unpaired) electrons. The highest BCUT2D eigenvalue weighted by atomic mass is 35.5. The molecule has 1 aromatic rings. The minimum absolute atomic E-state index is 0. The molecule has 6 heteroatoms. The topological polar surface area (TPSA) is 64.3 Å². The number of ether oxygens (including phenoxy) is 1. The maximum Gasteiger partial charge on any atom is 0.254 e. The maximum atomic E-state index is 13.6. The highest BCUT2D eigenvalue weighted by Crippen LogP contribution is 2.28. The molecule has 0 atom stereocenters. The molecule has 1 amide bonds. The van der Waals surface area contributed by atoms with Gasteiger partial charge in [-0.25, -0.2) is 4.39 Å². The first kappa shape index (κ1) is 15.7. The summed E-state index contributed by atoms with van der Waals surface area (Å²) >= 11 is 0. The summed E-state index contributed by atoms with van der Waals surface area (Å²) in [6, 6.07) is 4.16. The molecule has 1 aliphatic carbocycles. The number of rotatable bonds is 4. The van der Waals surface area contributed by atoms with Crippen molar-refractivity contribution in [2.75, 3.05) is 13.7 Å². The summed E-state index contributed by atoms with van der Waals surface area (Å²) in [5.74, 6) is -0.642. The molecule has 0 spiro atoms. The second kappa shape index (κ2) is 6.21. The van der Waals surface area contributed by atoms with Gasteiger partial charge in [-0.15, -0.1) is 12.4 Å². The molecule has 19 heavy (non-hydrogen) atoms. The maximum absolute atomic E-state index is 13.6. The third kappa shape index (κ3) is 3.58. The summed E-state index contributed by atoms with van der Waals surface area (Å²) in [6.07, 6.45) is 2.89. The Morgan fingerprint density at radius 1 is 1.53 bits per heavy atom. The van der Waals surface area contributed by atoms with E-state index in [0.717, 1.165) is 19.3 Å². The van der Waals surface area contributed by atoms with E-state index in [0.29, 0.717) is 12.3 Å². The van der Waals surface area contributed by atoms with E-state index in [1.807, 2.05) is 0 Å². The number of carbonyl (C=O) groups is 1. The van der Waals surface area contributed by atoms with Crippen LogP contribution in [0.3, 0.4) is 0 Å². The highest BCUT2D eigenvalue weighted by molar-refractivity contribution is 5.94. The number of amides is 1. The number of hydrogen-bond acceptors (Lipinski definition) is 3. The monoisotopic (exact) mass is 288 g/mol. The third-order valence-electron chi connectivity index (χ3n) is 3.37. The Labute approximate surface area is 117 Å². The van der Waals surface area contributed by atoms with Gasteiger partial charge in [-0.1, -0.05) is 0 Å². The molecule has 2 rings (SSSR count). The van der Waals surface area contributed by atoms with E-state index in [2.05, 4.69) is 5.32 Å². The van der Waals surface area contributed by atoms with Crippen LogP contribution in [-0.4, -0.2) is 25.1 Å². The molecule has 0 aliphatic heterocycles. The van der Waals surface area contributed by atoms with Crippen molar-refractivity contribution < 1.29 is 13.9 Å². The lowest BCUT2D eigenvalue weighted by Gasteiger charge is -2.38. The van der Waals surface area contributed by atoms with E-state index >= 15 is 0 Å². The number of methoxy groups -OCH3 is 1. The first-order valence-corrected chi connectivity index (χ1v) is 5.95. The normalized spacial score (nSPS) is 15.9. The van der Waals surface area contributed by atoms with Crippen molar-refractivity contribution in [3.05, 3.63) is 29.6 Å². The van der Waals surface area contributed by atoms with E-state index in [1.54, 1.807) is 6.07 Å². The summed E-state index contributed by atoms with van der Waals surface area (Å²) < 4.78 is 18.5. The molecule has 0 aromatic heterocycles. The third-order valence-corrected chi connectivity index (χ3v) is 3.37. The standard InChI is InChI=1S/C13H17FN2O2.ClH/c1-18-9-3-4-10(11(14)7-9)12(17)16-8-13(15)5-2-6-13;/h3-4,7H,2,5-6,8,15H2,1H3,(H,16,17);1H. The number of benzene rings is 1. The van der Waals surface area contributed by atoms with Crippen LogP contribution in [0.5, 0.6) is 5.75 Å². The van der Waals surface area contributed by atoms with Crippen molar-refractivity contribution in [3.8, 4) is 5.75 Å². The molecule has 0 saturated heterocycles. The van der Waals surface area contributed by atoms with Crippen molar-refractivity contribution in [3.63, 3.8) is 0 Å². The fourth-order valence-corrected chi connectivity index (χ4v) is 1.97. The SMILES string of the molecule is COc1ccc(C(=O)NCC2(N)CCC2)c(F)c1.Cl. The Kier molecular flexibility index (Phi) is 5.14. The van der Waals surface area contributed by atoms with Crippen molar-refractivity contribution in [1.29, 1.82) is 0 Å². The molecule has 1 fully saturated rings. The van der Waals surface area contributed by atoms with Gasteiger partial charge in [0.05, 0.1) is 12.7 Å². The average molecular weight is 289 g/mol. The molecule has 1 aromatic carbocycles. The first-order valence-electron chi connectivity index (χ1n) is 5.95. The van der Waals surface area contributed by atoms with Crippen LogP contribution >= 0.6 is 12.4 Å². The lowest BCUT2D eigenvalue weighted by Crippen LogP contribution is -2.55. The number of nitrogens with one attached hydrogen (secondary N) is 1. The Morgan fingerprint density at radius 2 is 2.21 bits per heavy atom. The number of carbonyl (C=O) groups excluding carboxylic acids is 1. The minimum atomic E-state index is -0.591. The molecule has 1 aliphatic rings. The van der Waals surface area contributed by atoms with Gasteiger partial charge in [-0.05, 0) is 31.4 Å². The van der Waals surface area contributed by atoms with Crippen LogP contribution in [0.15, 0.2) is 18.2 Å². The predicted molar refractivity (Wildman–Crippen MR) is 73.3 cm³/mol. The van der Waals surface area contributed by atoms with Crippen LogP contribution in [0.1, 0.15) is 29.6 Å². The Hall–Kier alpha value is -1.33. The van der Waals surface area contributed by atoms with E-state index in [-0.39, 0.29) is 23.5 Å². The molecule has 0 heterocycles. The Bertz CT molecular complexity index is 464. The van der Waals surface area contributed by atoms with Gasteiger partial charge in [0.25, 0.3) is 5.91 Å². The van der Waals surface area contributed by atoms with Crippen LogP contribution in [0.25, 0.3) is 0 Å². The highest BCUT2D eigenvalue weighted by Gasteiger charge is 2.32. The average Bonchev–Trinajstić information content (AvgIpc) is 2.33. The molecular weight excluding hydrogens is 271 g/mol. The van der Waals surface area contributed by atoms with Crippen molar-refractivity contribution >= 4 is 18.3 Å². The molecule has 106 valence electrons. The van der Waals surface area contributed by atoms with Crippen LogP contribution in [0, 0.1) is 5.82 Å². The fraction of sp³-hybridized carbons (Fsp3) is 0.462. The van der Waals surface area contributed by atoms with Gasteiger partial charge in [-0.2, -0.15) is 0 Å². The molecule has 0 bridgehead atoms. The largest absolute Gasteiger partial charge is 0.497 e. The van der Waals surface area contributed by atoms with Crippen molar-refractivity contribution in [1.82, 2.24) is 5.32 Å². The molecular formula is C13H18ClFN2O2. The van der Waals surface area contributed by atoms with Gasteiger partial charge in [0.15, 0.2) is 0 Å². The van der Waals surface area contributed by atoms with Crippen LogP contribution in [0.4, 0.5) is 4.39 Å². The lowest BCUT2D eigenvalue weighted by atomic mass is 9.78. The molecule has 1 saturated carbocycles. The smallest absolute Gasteiger partial charge is 0.254 e. The summed E-state index contributed by atoms with van der Waals surface area (Å²) in [5, 5.41) is 2.67. The van der Waals surface area contributed by atoms with Crippen molar-refractivity contribution in [2.45, 2.75) is 24.8 Å². The molecule has 3 N–H and O–H groups in total. The van der Waals surface area contributed by atoms with Gasteiger partial charge in [-0.3, -0.25) is 4.79 Å². The van der Waals surface area contributed by atoms with Gasteiger partial charge in [0.1, 0.15) is 11.6 Å². The summed E-state index contributed by atoms with van der Waals surface area (Å²) in [7, 11) is 1.45. The second-order valence-electron chi connectivity index (χ2n) is 4.74. The number of halogens is 2. The number of hydrogen-bond donors (Lipinski definition) is 2. The van der Waals surface area contributed by atoms with E-state index in [9.17, 15) is 9.18 Å². The van der Waals surface area contributed by atoms with Gasteiger partial charge < -0.3 is 15.8 Å². The van der Waals surface area contributed by atoms with E-state index < -0.39 is 11.7 Å². The summed E-state index contributed by atoms with van der Waals surface area (Å²) in [4.78, 5) is 11.8. The van der Waals surface area contributed by atoms with Gasteiger partial charge in [0.2, 0.25) is 0 Å². The number of nitrogens with two attached hydrogens (primary N) is 1. The first-order chi connectivity index (χ1) is 8.54. The zero-order chi connectivity index (χ0) is 13.2. The molecule has 0 unspecified atom stereocenters. The van der Waals surface area contributed by atoms with Gasteiger partial charge in [0, 0.05) is 18.2 Å². The van der Waals surface area contributed by atoms with E-state index in [1.165, 1.54) is 19.2 Å². The zero-order valence-electron chi connectivity index (χ0n) is 10.7. The van der Waals surface area contributed by atoms with Crippen LogP contribution in [-0.2, 0) is 0 Å². The van der Waals surface area contributed by atoms with Crippen LogP contribution < -0.4 is 15.8 Å². The Balaban J connectivity index is 0.00000180. The quantitative estimate of drug-likeness (QED) is 0.889. The Morgan fingerprint density at radius 3 is 2.68 bits per heavy atom. The summed E-state index contributed by atoms with van der Waals surface area (Å²) in [6.45, 7) is 0.386. The second-order valence-corrected chi connectivity index (χ2v) is 4.74. The van der Waals surface area contributed by atoms with Gasteiger partial charge >= 0.3 is 0 Å². The predicted octanol–water partition coefficient (Wildman–Crippen LogP) is 1.87. The van der Waals surface area contributed by atoms with E-state index in [4.69, 9.17) is 10.5 Å².